The van der Waals surface area contributed by atoms with Crippen molar-refractivity contribution in [3.8, 4) is 0 Å². The second-order valence-corrected chi connectivity index (χ2v) is 22.4. The molecule has 0 saturated carbocycles. The zero-order valence-electron chi connectivity index (χ0n) is 45.6. The molecule has 0 spiro atoms. The zero-order chi connectivity index (χ0) is 49.9. The third-order valence-corrected chi connectivity index (χ3v) is 13.9. The molecule has 0 aromatic rings. The lowest BCUT2D eigenvalue weighted by molar-refractivity contribution is -0.870. The summed E-state index contributed by atoms with van der Waals surface area (Å²) in [4.78, 5) is 37.8. The molecule has 0 aliphatic carbocycles. The number of carbonyl (C=O) groups is 2. The van der Waals surface area contributed by atoms with Gasteiger partial charge in [0, 0.05) is 12.8 Å². The van der Waals surface area contributed by atoms with Crippen LogP contribution in [-0.4, -0.2) is 70.0 Å². The third kappa shape index (κ3) is 53.8. The molecule has 9 nitrogen and oxygen atoms in total. The number of hydrogen-bond donors (Lipinski definition) is 0. The first-order valence-corrected chi connectivity index (χ1v) is 30.5. The Morgan fingerprint density at radius 3 is 1.16 bits per heavy atom. The summed E-state index contributed by atoms with van der Waals surface area (Å²) in [5, 5.41) is 0. The molecular formula is C58H112NO8P. The quantitative estimate of drug-likeness (QED) is 0.0195. The van der Waals surface area contributed by atoms with Crippen LogP contribution in [0.3, 0.4) is 0 Å². The van der Waals surface area contributed by atoms with E-state index >= 15 is 0 Å². The second-order valence-electron chi connectivity index (χ2n) is 21.0. The van der Waals surface area contributed by atoms with Gasteiger partial charge in [-0.15, -0.1) is 0 Å². The Bertz CT molecular complexity index is 1200. The Morgan fingerprint density at radius 2 is 0.794 bits per heavy atom. The van der Waals surface area contributed by atoms with Crippen LogP contribution in [0.25, 0.3) is 0 Å². The van der Waals surface area contributed by atoms with Crippen molar-refractivity contribution < 1.29 is 42.1 Å². The van der Waals surface area contributed by atoms with Crippen LogP contribution in [0, 0.1) is 0 Å². The zero-order valence-corrected chi connectivity index (χ0v) is 46.5. The molecule has 0 N–H and O–H groups in total. The van der Waals surface area contributed by atoms with E-state index in [-0.39, 0.29) is 32.0 Å². The van der Waals surface area contributed by atoms with Crippen molar-refractivity contribution in [2.45, 2.75) is 290 Å². The van der Waals surface area contributed by atoms with E-state index in [0.717, 1.165) is 38.5 Å². The molecule has 68 heavy (non-hydrogen) atoms. The smallest absolute Gasteiger partial charge is 0.306 e. The van der Waals surface area contributed by atoms with Gasteiger partial charge in [-0.2, -0.15) is 0 Å². The van der Waals surface area contributed by atoms with Gasteiger partial charge in [0.05, 0.1) is 27.7 Å². The summed E-state index contributed by atoms with van der Waals surface area (Å²) >= 11 is 0. The molecule has 0 aromatic heterocycles. The predicted octanol–water partition coefficient (Wildman–Crippen LogP) is 17.2. The summed E-state index contributed by atoms with van der Waals surface area (Å²) in [7, 11) is 1.18. The van der Waals surface area contributed by atoms with Gasteiger partial charge in [0.1, 0.15) is 19.8 Å². The monoisotopic (exact) mass is 982 g/mol. The number of unbranched alkanes of at least 4 members (excludes halogenated alkanes) is 36. The number of rotatable bonds is 54. The van der Waals surface area contributed by atoms with Crippen molar-refractivity contribution >= 4 is 19.8 Å². The normalized spacial score (nSPS) is 13.4. The van der Waals surface area contributed by atoms with E-state index in [4.69, 9.17) is 18.5 Å². The molecule has 0 amide bonds. The fourth-order valence-corrected chi connectivity index (χ4v) is 9.18. The minimum atomic E-state index is -4.63. The van der Waals surface area contributed by atoms with Crippen LogP contribution < -0.4 is 4.89 Å². The molecular weight excluding hydrogens is 870 g/mol. The van der Waals surface area contributed by atoms with Gasteiger partial charge in [-0.25, -0.2) is 0 Å². The van der Waals surface area contributed by atoms with Gasteiger partial charge in [-0.05, 0) is 44.9 Å². The summed E-state index contributed by atoms with van der Waals surface area (Å²) < 4.78 is 34.1. The highest BCUT2D eigenvalue weighted by Crippen LogP contribution is 2.38. The molecule has 0 radical (unpaired) electrons. The van der Waals surface area contributed by atoms with Crippen LogP contribution in [0.4, 0.5) is 0 Å². The van der Waals surface area contributed by atoms with Gasteiger partial charge >= 0.3 is 11.9 Å². The van der Waals surface area contributed by atoms with Gasteiger partial charge in [0.2, 0.25) is 0 Å². The number of esters is 2. The molecule has 2 atom stereocenters. The van der Waals surface area contributed by atoms with Crippen molar-refractivity contribution in [1.29, 1.82) is 0 Å². The fourth-order valence-electron chi connectivity index (χ4n) is 8.45. The van der Waals surface area contributed by atoms with Crippen LogP contribution in [-0.2, 0) is 32.7 Å². The average molecular weight is 983 g/mol. The maximum Gasteiger partial charge on any atom is 0.306 e. The molecule has 0 aliphatic rings. The van der Waals surface area contributed by atoms with Gasteiger partial charge in [-0.3, -0.25) is 14.2 Å². The molecule has 10 heteroatoms. The minimum absolute atomic E-state index is 0.0272. The number of allylic oxidation sites excluding steroid dienone is 4. The Kier molecular flexibility index (Phi) is 49.3. The third-order valence-electron chi connectivity index (χ3n) is 13.0. The summed E-state index contributed by atoms with van der Waals surface area (Å²) in [5.74, 6) is -0.817. The molecule has 0 saturated heterocycles. The van der Waals surface area contributed by atoms with Gasteiger partial charge in [0.25, 0.3) is 7.82 Å². The van der Waals surface area contributed by atoms with Crippen molar-refractivity contribution in [1.82, 2.24) is 0 Å². The van der Waals surface area contributed by atoms with Crippen LogP contribution in [0.15, 0.2) is 24.3 Å². The lowest BCUT2D eigenvalue weighted by Crippen LogP contribution is -2.37. The van der Waals surface area contributed by atoms with Crippen molar-refractivity contribution in [3.05, 3.63) is 24.3 Å². The van der Waals surface area contributed by atoms with E-state index in [0.29, 0.717) is 17.4 Å². The highest BCUT2D eigenvalue weighted by molar-refractivity contribution is 7.45. The van der Waals surface area contributed by atoms with E-state index in [1.54, 1.807) is 0 Å². The molecule has 0 aliphatic heterocycles. The average Bonchev–Trinajstić information content (AvgIpc) is 3.30. The lowest BCUT2D eigenvalue weighted by Gasteiger charge is -2.28. The Balaban J connectivity index is 4.01. The first-order chi connectivity index (χ1) is 33.0. The number of likely N-dealkylation sites (N-methyl/N-ethyl adjacent to an activating group) is 1. The van der Waals surface area contributed by atoms with E-state index in [9.17, 15) is 19.0 Å². The Labute approximate surface area is 421 Å². The molecule has 0 heterocycles. The molecule has 402 valence electrons. The molecule has 0 bridgehead atoms. The van der Waals surface area contributed by atoms with Crippen molar-refractivity contribution in [2.24, 2.45) is 0 Å². The van der Waals surface area contributed by atoms with Gasteiger partial charge in [-0.1, -0.05) is 250 Å². The number of nitrogens with zero attached hydrogens (tertiary/aromatic N) is 1. The molecule has 0 fully saturated rings. The number of hydrogen-bond acceptors (Lipinski definition) is 8. The number of ether oxygens (including phenoxy) is 2. The Morgan fingerprint density at radius 1 is 0.456 bits per heavy atom. The summed E-state index contributed by atoms with van der Waals surface area (Å²) in [6.07, 6.45) is 59.5. The largest absolute Gasteiger partial charge is 0.756 e. The lowest BCUT2D eigenvalue weighted by atomic mass is 10.0. The topological polar surface area (TPSA) is 111 Å². The first-order valence-electron chi connectivity index (χ1n) is 29.0. The maximum atomic E-state index is 12.8. The molecule has 0 aromatic carbocycles. The standard InChI is InChI=1S/C58H112NO8P/c1-6-8-10-12-14-16-18-20-21-22-23-24-25-26-27-28-29-30-31-32-33-34-35-36-37-39-41-43-45-47-49-51-58(61)67-56(55-66-68(62,63)65-53-52-59(3,4)5)54-64-57(60)50-48-46-44-42-40-38-19-17-15-13-11-9-7-2/h18,20,22-23,56H,6-17,19,21,24-55H2,1-5H3/b20-18-,23-22-. The SMILES string of the molecule is CCCCCCC/C=C\C/C=C\CCCCCCCCCCCCCCCCCCCCCC(=O)OC(COC(=O)CCCCCCCCCCCCCCC)COP(=O)([O-])OCC[N+](C)(C)C. The molecule has 2 unspecified atom stereocenters. The number of phosphoric acid groups is 1. The number of carbonyl (C=O) groups excluding carboxylic acids is 2. The van der Waals surface area contributed by atoms with Gasteiger partial charge in [0.15, 0.2) is 6.10 Å². The minimum Gasteiger partial charge on any atom is -0.756 e. The summed E-state index contributed by atoms with van der Waals surface area (Å²) in [6.45, 7) is 4.27. The summed E-state index contributed by atoms with van der Waals surface area (Å²) in [5.41, 5.74) is 0. The van der Waals surface area contributed by atoms with Crippen LogP contribution in [0.5, 0.6) is 0 Å². The highest BCUT2D eigenvalue weighted by atomic mass is 31.2. The van der Waals surface area contributed by atoms with E-state index in [1.807, 2.05) is 21.1 Å². The Hall–Kier alpha value is -1.51. The van der Waals surface area contributed by atoms with Crippen LogP contribution in [0.1, 0.15) is 284 Å². The summed E-state index contributed by atoms with van der Waals surface area (Å²) in [6, 6.07) is 0. The van der Waals surface area contributed by atoms with Crippen molar-refractivity contribution in [3.63, 3.8) is 0 Å². The van der Waals surface area contributed by atoms with Crippen LogP contribution >= 0.6 is 7.82 Å². The second kappa shape index (κ2) is 50.4. The van der Waals surface area contributed by atoms with Crippen LogP contribution in [0.2, 0.25) is 0 Å². The highest BCUT2D eigenvalue weighted by Gasteiger charge is 2.22. The predicted molar refractivity (Wildman–Crippen MR) is 287 cm³/mol. The fraction of sp³-hybridized carbons (Fsp3) is 0.897. The van der Waals surface area contributed by atoms with E-state index in [2.05, 4.69) is 38.2 Å². The maximum absolute atomic E-state index is 12.8. The van der Waals surface area contributed by atoms with E-state index < -0.39 is 26.5 Å². The number of phosphoric ester groups is 1. The van der Waals surface area contributed by atoms with Gasteiger partial charge < -0.3 is 27.9 Å². The number of quaternary nitrogens is 1. The molecule has 0 rings (SSSR count). The first kappa shape index (κ1) is 66.5. The van der Waals surface area contributed by atoms with E-state index in [1.165, 1.54) is 212 Å². The van der Waals surface area contributed by atoms with Crippen molar-refractivity contribution in [2.75, 3.05) is 47.5 Å².